The van der Waals surface area contributed by atoms with Crippen molar-refractivity contribution in [3.8, 4) is 0 Å². The minimum atomic E-state index is -0.681. The quantitative estimate of drug-likeness (QED) is 0.934. The van der Waals surface area contributed by atoms with Crippen LogP contribution in [-0.2, 0) is 17.6 Å². The number of carbonyl (C=O) groups excluding carboxylic acids is 1. The third-order valence-corrected chi connectivity index (χ3v) is 3.98. The molecule has 1 amide bonds. The van der Waals surface area contributed by atoms with Crippen LogP contribution in [0.2, 0.25) is 0 Å². The summed E-state index contributed by atoms with van der Waals surface area (Å²) in [6.45, 7) is 3.54. The van der Waals surface area contributed by atoms with Gasteiger partial charge in [-0.15, -0.1) is 0 Å². The van der Waals surface area contributed by atoms with E-state index in [1.807, 2.05) is 13.0 Å². The summed E-state index contributed by atoms with van der Waals surface area (Å²) in [7, 11) is 0. The number of carbonyl (C=O) groups is 1. The second-order valence-electron chi connectivity index (χ2n) is 5.59. The zero-order chi connectivity index (χ0) is 15.7. The molecule has 1 atom stereocenters. The number of nitrogens with one attached hydrogen (secondary N) is 1. The Morgan fingerprint density at radius 1 is 1.41 bits per heavy atom. The van der Waals surface area contributed by atoms with Crippen molar-refractivity contribution in [1.29, 1.82) is 0 Å². The first kappa shape index (κ1) is 14.4. The molecule has 0 aliphatic heterocycles. The molecule has 0 saturated carbocycles. The van der Waals surface area contributed by atoms with Crippen molar-refractivity contribution in [3.05, 3.63) is 51.6 Å². The molecule has 2 aromatic rings. The van der Waals surface area contributed by atoms with Gasteiger partial charge in [-0.05, 0) is 50.3 Å². The van der Waals surface area contributed by atoms with Crippen LogP contribution in [0.15, 0.2) is 29.2 Å². The molecular formula is C16H18N4O2. The number of nitrogens with zero attached hydrogens (tertiary/aromatic N) is 3. The maximum absolute atomic E-state index is 12.4. The lowest BCUT2D eigenvalue weighted by Gasteiger charge is -2.15. The third kappa shape index (κ3) is 2.64. The van der Waals surface area contributed by atoms with Gasteiger partial charge in [0.2, 0.25) is 5.91 Å². The van der Waals surface area contributed by atoms with Crippen molar-refractivity contribution in [2.45, 2.75) is 39.2 Å². The number of hydrogen-bond donors (Lipinski definition) is 1. The van der Waals surface area contributed by atoms with Crippen LogP contribution in [0, 0.1) is 6.92 Å². The number of amides is 1. The van der Waals surface area contributed by atoms with E-state index in [2.05, 4.69) is 15.4 Å². The van der Waals surface area contributed by atoms with E-state index in [-0.39, 0.29) is 11.5 Å². The summed E-state index contributed by atoms with van der Waals surface area (Å²) in [4.78, 5) is 28.7. The maximum Gasteiger partial charge on any atom is 0.267 e. The molecule has 1 N–H and O–H groups in total. The zero-order valence-corrected chi connectivity index (χ0v) is 12.7. The zero-order valence-electron chi connectivity index (χ0n) is 12.7. The number of rotatable bonds is 3. The lowest BCUT2D eigenvalue weighted by atomic mass is 10.2. The summed E-state index contributed by atoms with van der Waals surface area (Å²) in [6, 6.07) is 4.60. The molecule has 114 valence electrons. The van der Waals surface area contributed by atoms with Gasteiger partial charge in [-0.2, -0.15) is 5.10 Å². The summed E-state index contributed by atoms with van der Waals surface area (Å²) in [5.41, 5.74) is 2.57. The van der Waals surface area contributed by atoms with Crippen LogP contribution in [0.1, 0.15) is 36.2 Å². The SMILES string of the molecule is Cc1cccnc1NC(=O)C(C)n1nc2c(cc1=O)CCC2. The van der Waals surface area contributed by atoms with Gasteiger partial charge in [-0.3, -0.25) is 9.59 Å². The topological polar surface area (TPSA) is 76.9 Å². The van der Waals surface area contributed by atoms with Crippen LogP contribution in [0.5, 0.6) is 0 Å². The number of fused-ring (bicyclic) bond motifs is 1. The van der Waals surface area contributed by atoms with Gasteiger partial charge in [0.15, 0.2) is 0 Å². The standard InChI is InChI=1S/C16H18N4O2/c1-10-5-4-8-17-15(10)18-16(22)11(2)20-14(21)9-12-6-3-7-13(12)19-20/h4-5,8-9,11H,3,6-7H2,1-2H3,(H,17,18,22). The van der Waals surface area contributed by atoms with Gasteiger partial charge < -0.3 is 5.32 Å². The highest BCUT2D eigenvalue weighted by molar-refractivity contribution is 5.93. The van der Waals surface area contributed by atoms with E-state index in [0.29, 0.717) is 5.82 Å². The third-order valence-electron chi connectivity index (χ3n) is 3.98. The van der Waals surface area contributed by atoms with E-state index < -0.39 is 6.04 Å². The molecule has 0 radical (unpaired) electrons. The average molecular weight is 298 g/mol. The molecular weight excluding hydrogens is 280 g/mol. The summed E-state index contributed by atoms with van der Waals surface area (Å²) in [5, 5.41) is 7.11. The van der Waals surface area contributed by atoms with Gasteiger partial charge in [-0.25, -0.2) is 9.67 Å². The highest BCUT2D eigenvalue weighted by atomic mass is 16.2. The Bertz CT molecular complexity index is 782. The number of anilines is 1. The second kappa shape index (κ2) is 5.71. The largest absolute Gasteiger partial charge is 0.309 e. The van der Waals surface area contributed by atoms with E-state index in [4.69, 9.17) is 0 Å². The Kier molecular flexibility index (Phi) is 3.75. The van der Waals surface area contributed by atoms with Gasteiger partial charge in [0.05, 0.1) is 5.69 Å². The fourth-order valence-corrected chi connectivity index (χ4v) is 2.64. The van der Waals surface area contributed by atoms with Crippen LogP contribution >= 0.6 is 0 Å². The Morgan fingerprint density at radius 3 is 3.00 bits per heavy atom. The first-order valence-electron chi connectivity index (χ1n) is 7.40. The molecule has 6 heteroatoms. The Labute approximate surface area is 128 Å². The van der Waals surface area contributed by atoms with Gasteiger partial charge in [0.25, 0.3) is 5.56 Å². The number of hydrogen-bond acceptors (Lipinski definition) is 4. The van der Waals surface area contributed by atoms with Crippen LogP contribution < -0.4 is 10.9 Å². The minimum Gasteiger partial charge on any atom is -0.309 e. The van der Waals surface area contributed by atoms with Crippen molar-refractivity contribution in [1.82, 2.24) is 14.8 Å². The molecule has 3 rings (SSSR count). The van der Waals surface area contributed by atoms with E-state index in [1.165, 1.54) is 4.68 Å². The number of aryl methyl sites for hydroxylation is 3. The molecule has 6 nitrogen and oxygen atoms in total. The Balaban J connectivity index is 1.85. The van der Waals surface area contributed by atoms with Crippen LogP contribution in [0.4, 0.5) is 5.82 Å². The molecule has 0 saturated heterocycles. The predicted molar refractivity (Wildman–Crippen MR) is 82.8 cm³/mol. The molecule has 1 unspecified atom stereocenters. The highest BCUT2D eigenvalue weighted by Gasteiger charge is 2.22. The van der Waals surface area contributed by atoms with E-state index in [9.17, 15) is 9.59 Å². The monoisotopic (exact) mass is 298 g/mol. The summed E-state index contributed by atoms with van der Waals surface area (Å²) < 4.78 is 1.26. The molecule has 0 spiro atoms. The normalized spacial score (nSPS) is 14.5. The van der Waals surface area contributed by atoms with Gasteiger partial charge in [0, 0.05) is 12.3 Å². The lowest BCUT2D eigenvalue weighted by molar-refractivity contribution is -0.119. The van der Waals surface area contributed by atoms with Crippen molar-refractivity contribution in [2.75, 3.05) is 5.32 Å². The first-order valence-corrected chi connectivity index (χ1v) is 7.40. The van der Waals surface area contributed by atoms with Crippen LogP contribution in [-0.4, -0.2) is 20.7 Å². The van der Waals surface area contributed by atoms with Crippen molar-refractivity contribution < 1.29 is 4.79 Å². The molecule has 2 heterocycles. The van der Waals surface area contributed by atoms with E-state index in [0.717, 1.165) is 36.1 Å². The fraction of sp³-hybridized carbons (Fsp3) is 0.375. The predicted octanol–water partition coefficient (Wildman–Crippen LogP) is 1.64. The van der Waals surface area contributed by atoms with Crippen molar-refractivity contribution in [3.63, 3.8) is 0 Å². The van der Waals surface area contributed by atoms with Gasteiger partial charge in [0.1, 0.15) is 11.9 Å². The van der Waals surface area contributed by atoms with E-state index in [1.54, 1.807) is 25.3 Å². The molecule has 1 aliphatic rings. The maximum atomic E-state index is 12.4. The molecule has 0 aromatic carbocycles. The highest BCUT2D eigenvalue weighted by Crippen LogP contribution is 2.18. The molecule has 0 fully saturated rings. The first-order chi connectivity index (χ1) is 10.6. The molecule has 0 bridgehead atoms. The number of aromatic nitrogens is 3. The Hall–Kier alpha value is -2.50. The van der Waals surface area contributed by atoms with Crippen LogP contribution in [0.25, 0.3) is 0 Å². The molecule has 1 aliphatic carbocycles. The molecule has 2 aromatic heterocycles. The van der Waals surface area contributed by atoms with E-state index >= 15 is 0 Å². The summed E-state index contributed by atoms with van der Waals surface area (Å²) in [5.74, 6) is 0.211. The van der Waals surface area contributed by atoms with Gasteiger partial charge >= 0.3 is 0 Å². The minimum absolute atomic E-state index is 0.235. The summed E-state index contributed by atoms with van der Waals surface area (Å²) >= 11 is 0. The van der Waals surface area contributed by atoms with Crippen molar-refractivity contribution >= 4 is 11.7 Å². The average Bonchev–Trinajstić information content (AvgIpc) is 2.95. The van der Waals surface area contributed by atoms with Crippen molar-refractivity contribution in [2.24, 2.45) is 0 Å². The second-order valence-corrected chi connectivity index (χ2v) is 5.59. The van der Waals surface area contributed by atoms with Gasteiger partial charge in [-0.1, -0.05) is 6.07 Å². The fourth-order valence-electron chi connectivity index (χ4n) is 2.64. The number of pyridine rings is 1. The lowest BCUT2D eigenvalue weighted by Crippen LogP contribution is -2.34. The van der Waals surface area contributed by atoms with Crippen LogP contribution in [0.3, 0.4) is 0 Å². The smallest absolute Gasteiger partial charge is 0.267 e. The molecule has 22 heavy (non-hydrogen) atoms. The Morgan fingerprint density at radius 2 is 2.23 bits per heavy atom. The summed E-state index contributed by atoms with van der Waals surface area (Å²) in [6.07, 6.45) is 4.39.